The highest BCUT2D eigenvalue weighted by molar-refractivity contribution is 5.92. The van der Waals surface area contributed by atoms with Crippen LogP contribution in [0.3, 0.4) is 0 Å². The first-order valence-corrected chi connectivity index (χ1v) is 7.66. The molecule has 0 bridgehead atoms. The summed E-state index contributed by atoms with van der Waals surface area (Å²) in [6, 6.07) is 8.51. The number of fused-ring (bicyclic) bond motifs is 1. The van der Waals surface area contributed by atoms with Crippen molar-refractivity contribution in [2.75, 3.05) is 19.0 Å². The van der Waals surface area contributed by atoms with Crippen LogP contribution in [0.4, 0.5) is 5.82 Å². The molecule has 2 aliphatic rings. The molecule has 2 aromatic rings. The van der Waals surface area contributed by atoms with Gasteiger partial charge in [-0.05, 0) is 54.8 Å². The van der Waals surface area contributed by atoms with Crippen molar-refractivity contribution in [2.45, 2.75) is 31.4 Å². The van der Waals surface area contributed by atoms with Gasteiger partial charge in [0, 0.05) is 18.2 Å². The van der Waals surface area contributed by atoms with Gasteiger partial charge in [0.15, 0.2) is 0 Å². The first-order chi connectivity index (χ1) is 10.3. The van der Waals surface area contributed by atoms with Crippen LogP contribution in [0.25, 0.3) is 10.8 Å². The van der Waals surface area contributed by atoms with Crippen molar-refractivity contribution in [1.82, 2.24) is 4.98 Å². The van der Waals surface area contributed by atoms with E-state index in [1.54, 1.807) is 7.11 Å². The average Bonchev–Trinajstić information content (AvgIpc) is 3.27. The fraction of sp³-hybridized carbons (Fsp3) is 0.471. The Kier molecular flexibility index (Phi) is 3.19. The second-order valence-electron chi connectivity index (χ2n) is 5.96. The third-order valence-electron chi connectivity index (χ3n) is 4.52. The third kappa shape index (κ3) is 2.44. The molecule has 0 radical (unpaired) electrons. The van der Waals surface area contributed by atoms with Gasteiger partial charge in [0.1, 0.15) is 11.6 Å². The lowest BCUT2D eigenvalue weighted by atomic mass is 10.1. The minimum Gasteiger partial charge on any atom is -0.497 e. The molecule has 2 unspecified atom stereocenters. The van der Waals surface area contributed by atoms with E-state index >= 15 is 0 Å². The largest absolute Gasteiger partial charge is 0.497 e. The van der Waals surface area contributed by atoms with Crippen molar-refractivity contribution in [3.05, 3.63) is 30.5 Å². The van der Waals surface area contributed by atoms with Crippen LogP contribution in [-0.2, 0) is 4.74 Å². The molecule has 4 heteroatoms. The number of nitrogens with zero attached hydrogens (tertiary/aromatic N) is 1. The highest BCUT2D eigenvalue weighted by Crippen LogP contribution is 2.40. The lowest BCUT2D eigenvalue weighted by Crippen LogP contribution is -2.31. The number of rotatable bonds is 4. The molecule has 1 N–H and O–H groups in total. The van der Waals surface area contributed by atoms with E-state index < -0.39 is 0 Å². The fourth-order valence-electron chi connectivity index (χ4n) is 3.23. The Morgan fingerprint density at radius 3 is 2.95 bits per heavy atom. The normalized spacial score (nSPS) is 25.2. The van der Waals surface area contributed by atoms with E-state index in [1.807, 2.05) is 24.4 Å². The molecule has 1 aliphatic heterocycles. The Labute approximate surface area is 124 Å². The summed E-state index contributed by atoms with van der Waals surface area (Å²) >= 11 is 0. The highest BCUT2D eigenvalue weighted by atomic mass is 16.5. The maximum absolute atomic E-state index is 5.90. The molecule has 4 nitrogen and oxygen atoms in total. The van der Waals surface area contributed by atoms with Gasteiger partial charge in [-0.25, -0.2) is 4.98 Å². The Bertz CT molecular complexity index is 654. The molecule has 1 saturated carbocycles. The van der Waals surface area contributed by atoms with Crippen molar-refractivity contribution in [1.29, 1.82) is 0 Å². The number of ether oxygens (including phenoxy) is 2. The predicted octanol–water partition coefficient (Wildman–Crippen LogP) is 3.22. The maximum atomic E-state index is 5.90. The summed E-state index contributed by atoms with van der Waals surface area (Å²) in [5, 5.41) is 5.90. The lowest BCUT2D eigenvalue weighted by Gasteiger charge is -2.21. The number of hydrogen-bond donors (Lipinski definition) is 1. The van der Waals surface area contributed by atoms with E-state index in [0.717, 1.165) is 41.3 Å². The summed E-state index contributed by atoms with van der Waals surface area (Å²) in [4.78, 5) is 4.53. The van der Waals surface area contributed by atoms with Crippen LogP contribution in [-0.4, -0.2) is 30.8 Å². The van der Waals surface area contributed by atoms with Gasteiger partial charge >= 0.3 is 0 Å². The van der Waals surface area contributed by atoms with Crippen molar-refractivity contribution in [3.63, 3.8) is 0 Å². The van der Waals surface area contributed by atoms with Crippen LogP contribution >= 0.6 is 0 Å². The zero-order chi connectivity index (χ0) is 14.2. The van der Waals surface area contributed by atoms with Crippen molar-refractivity contribution >= 4 is 16.6 Å². The Morgan fingerprint density at radius 2 is 2.14 bits per heavy atom. The summed E-state index contributed by atoms with van der Waals surface area (Å²) in [6.45, 7) is 0.859. The number of hydrogen-bond acceptors (Lipinski definition) is 4. The Balaban J connectivity index is 1.63. The molecular weight excluding hydrogens is 264 g/mol. The zero-order valence-corrected chi connectivity index (χ0v) is 12.2. The van der Waals surface area contributed by atoms with Crippen LogP contribution in [0.2, 0.25) is 0 Å². The summed E-state index contributed by atoms with van der Waals surface area (Å²) < 4.78 is 11.2. The molecule has 2 fully saturated rings. The molecule has 1 aliphatic carbocycles. The van der Waals surface area contributed by atoms with Gasteiger partial charge in [0.05, 0.1) is 19.3 Å². The SMILES string of the molecule is COc1ccc2c(NC3CCOC3C3CC3)nccc2c1. The standard InChI is InChI=1S/C17H20N2O2/c1-20-13-4-5-14-12(10-13)6-8-18-17(14)19-15-7-9-21-16(15)11-2-3-11/h4-6,8,10-11,15-16H,2-3,7,9H2,1H3,(H,18,19). The van der Waals surface area contributed by atoms with E-state index in [1.165, 1.54) is 12.8 Å². The van der Waals surface area contributed by atoms with Gasteiger partial charge in [0.2, 0.25) is 0 Å². The average molecular weight is 284 g/mol. The van der Waals surface area contributed by atoms with E-state index in [0.29, 0.717) is 12.1 Å². The third-order valence-corrected chi connectivity index (χ3v) is 4.52. The fourth-order valence-corrected chi connectivity index (χ4v) is 3.23. The molecule has 0 spiro atoms. The van der Waals surface area contributed by atoms with E-state index in [2.05, 4.69) is 16.4 Å². The summed E-state index contributed by atoms with van der Waals surface area (Å²) in [5.41, 5.74) is 0. The number of anilines is 1. The van der Waals surface area contributed by atoms with Crippen LogP contribution in [0, 0.1) is 5.92 Å². The quantitative estimate of drug-likeness (QED) is 0.936. The first-order valence-electron chi connectivity index (χ1n) is 7.66. The van der Waals surface area contributed by atoms with Gasteiger partial charge in [-0.15, -0.1) is 0 Å². The van der Waals surface area contributed by atoms with Crippen molar-refractivity contribution in [2.24, 2.45) is 5.92 Å². The highest BCUT2D eigenvalue weighted by Gasteiger charge is 2.40. The van der Waals surface area contributed by atoms with Crippen molar-refractivity contribution in [3.8, 4) is 5.75 Å². The lowest BCUT2D eigenvalue weighted by molar-refractivity contribution is 0.0898. The second kappa shape index (κ2) is 5.19. The van der Waals surface area contributed by atoms with Crippen LogP contribution in [0.5, 0.6) is 5.75 Å². The number of nitrogens with one attached hydrogen (secondary N) is 1. The first kappa shape index (κ1) is 12.9. The van der Waals surface area contributed by atoms with Gasteiger partial charge in [-0.1, -0.05) is 0 Å². The van der Waals surface area contributed by atoms with Crippen LogP contribution in [0.1, 0.15) is 19.3 Å². The Hall–Kier alpha value is -1.81. The smallest absolute Gasteiger partial charge is 0.134 e. The number of pyridine rings is 1. The number of benzene rings is 1. The van der Waals surface area contributed by atoms with E-state index in [-0.39, 0.29) is 0 Å². The summed E-state index contributed by atoms with van der Waals surface area (Å²) in [5.74, 6) is 2.58. The monoisotopic (exact) mass is 284 g/mol. The van der Waals surface area contributed by atoms with Gasteiger partial charge < -0.3 is 14.8 Å². The van der Waals surface area contributed by atoms with Gasteiger partial charge in [0.25, 0.3) is 0 Å². The van der Waals surface area contributed by atoms with E-state index in [9.17, 15) is 0 Å². The van der Waals surface area contributed by atoms with Crippen LogP contribution < -0.4 is 10.1 Å². The molecule has 0 amide bonds. The molecule has 110 valence electrons. The molecule has 1 saturated heterocycles. The van der Waals surface area contributed by atoms with Crippen LogP contribution in [0.15, 0.2) is 30.5 Å². The van der Waals surface area contributed by atoms with E-state index in [4.69, 9.17) is 9.47 Å². The summed E-state index contributed by atoms with van der Waals surface area (Å²) in [6.07, 6.45) is 5.90. The minimum atomic E-state index is 0.361. The molecule has 21 heavy (non-hydrogen) atoms. The molecule has 1 aromatic heterocycles. The van der Waals surface area contributed by atoms with Gasteiger partial charge in [-0.3, -0.25) is 0 Å². The topological polar surface area (TPSA) is 43.4 Å². The minimum absolute atomic E-state index is 0.361. The number of aromatic nitrogens is 1. The zero-order valence-electron chi connectivity index (χ0n) is 12.2. The predicted molar refractivity (Wildman–Crippen MR) is 82.8 cm³/mol. The molecular formula is C17H20N2O2. The Morgan fingerprint density at radius 1 is 1.24 bits per heavy atom. The molecule has 4 rings (SSSR count). The number of methoxy groups -OCH3 is 1. The molecule has 2 atom stereocenters. The molecule has 1 aromatic carbocycles. The molecule has 2 heterocycles. The maximum Gasteiger partial charge on any atom is 0.134 e. The summed E-state index contributed by atoms with van der Waals surface area (Å²) in [7, 11) is 1.69. The van der Waals surface area contributed by atoms with Crippen molar-refractivity contribution < 1.29 is 9.47 Å². The van der Waals surface area contributed by atoms with Gasteiger partial charge in [-0.2, -0.15) is 0 Å². The second-order valence-corrected chi connectivity index (χ2v) is 5.96.